The second-order valence-corrected chi connectivity index (χ2v) is 4.66. The predicted molar refractivity (Wildman–Crippen MR) is 73.6 cm³/mol. The van der Waals surface area contributed by atoms with Crippen molar-refractivity contribution in [2.24, 2.45) is 5.92 Å². The van der Waals surface area contributed by atoms with E-state index in [9.17, 15) is 4.79 Å². The van der Waals surface area contributed by atoms with Gasteiger partial charge in [-0.2, -0.15) is 0 Å². The van der Waals surface area contributed by atoms with Crippen molar-refractivity contribution in [1.82, 2.24) is 5.32 Å². The quantitative estimate of drug-likeness (QED) is 0.828. The zero-order chi connectivity index (χ0) is 13.7. The summed E-state index contributed by atoms with van der Waals surface area (Å²) in [6.45, 7) is 4.61. The van der Waals surface area contributed by atoms with Gasteiger partial charge in [-0.25, -0.2) is 0 Å². The zero-order valence-corrected chi connectivity index (χ0v) is 11.5. The maximum atomic E-state index is 11.5. The Balaban J connectivity index is 2.75. The maximum Gasteiger partial charge on any atom is 0.224 e. The molecule has 1 amide bonds. The number of nitrogens with zero attached hydrogens (tertiary/aromatic N) is 1. The Morgan fingerprint density at radius 3 is 2.67 bits per heavy atom. The molecule has 0 radical (unpaired) electrons. The summed E-state index contributed by atoms with van der Waals surface area (Å²) < 4.78 is 0. The molecule has 0 aliphatic carbocycles. The number of rotatable bonds is 5. The third-order valence-corrected chi connectivity index (χ3v) is 3.18. The molecule has 1 aromatic rings. The lowest BCUT2D eigenvalue weighted by molar-refractivity contribution is -0.123. The summed E-state index contributed by atoms with van der Waals surface area (Å²) >= 11 is 0. The van der Waals surface area contributed by atoms with Gasteiger partial charge in [-0.15, -0.1) is 0 Å². The number of carbonyl (C=O) groups excluding carboxylic acids is 1. The van der Waals surface area contributed by atoms with Gasteiger partial charge < -0.3 is 15.3 Å². The number of hydrogen-bond donors (Lipinski definition) is 2. The minimum Gasteiger partial charge on any atom is -0.392 e. The van der Waals surface area contributed by atoms with Crippen LogP contribution < -0.4 is 10.2 Å². The number of aryl methyl sites for hydroxylation is 1. The van der Waals surface area contributed by atoms with Crippen molar-refractivity contribution in [1.29, 1.82) is 0 Å². The molecule has 0 saturated heterocycles. The van der Waals surface area contributed by atoms with Gasteiger partial charge in [0.05, 0.1) is 12.5 Å². The van der Waals surface area contributed by atoms with E-state index in [-0.39, 0.29) is 18.4 Å². The number of carbonyl (C=O) groups is 1. The molecule has 4 heteroatoms. The average molecular weight is 250 g/mol. The summed E-state index contributed by atoms with van der Waals surface area (Å²) in [5, 5.41) is 11.8. The standard InChI is InChI=1S/C14H22N2O2/c1-10-7-13(6-5-12(10)9-17)16(4)8-11(2)14(18)15-3/h5-7,11,17H,8-9H2,1-4H3,(H,15,18). The highest BCUT2D eigenvalue weighted by Gasteiger charge is 2.14. The molecule has 4 nitrogen and oxygen atoms in total. The predicted octanol–water partition coefficient (Wildman–Crippen LogP) is 1.31. The molecule has 1 atom stereocenters. The van der Waals surface area contributed by atoms with Crippen LogP contribution in [0.2, 0.25) is 0 Å². The molecule has 0 aliphatic heterocycles. The molecule has 0 aromatic heterocycles. The Morgan fingerprint density at radius 2 is 2.17 bits per heavy atom. The van der Waals surface area contributed by atoms with E-state index >= 15 is 0 Å². The van der Waals surface area contributed by atoms with E-state index in [4.69, 9.17) is 5.11 Å². The lowest BCUT2D eigenvalue weighted by Crippen LogP contribution is -2.34. The van der Waals surface area contributed by atoms with Gasteiger partial charge >= 0.3 is 0 Å². The number of anilines is 1. The molecule has 0 aliphatic rings. The van der Waals surface area contributed by atoms with Crippen LogP contribution in [-0.4, -0.2) is 31.7 Å². The molecule has 0 fully saturated rings. The van der Waals surface area contributed by atoms with Gasteiger partial charge in [-0.3, -0.25) is 4.79 Å². The van der Waals surface area contributed by atoms with E-state index in [2.05, 4.69) is 5.32 Å². The van der Waals surface area contributed by atoms with Crippen LogP contribution in [0.15, 0.2) is 18.2 Å². The van der Waals surface area contributed by atoms with Gasteiger partial charge in [0, 0.05) is 26.3 Å². The molecule has 0 saturated carbocycles. The first kappa shape index (κ1) is 14.5. The Morgan fingerprint density at radius 1 is 1.50 bits per heavy atom. The molecule has 0 spiro atoms. The highest BCUT2D eigenvalue weighted by molar-refractivity contribution is 5.78. The van der Waals surface area contributed by atoms with Gasteiger partial charge in [-0.05, 0) is 30.2 Å². The second-order valence-electron chi connectivity index (χ2n) is 4.66. The van der Waals surface area contributed by atoms with E-state index in [0.29, 0.717) is 6.54 Å². The lowest BCUT2D eigenvalue weighted by Gasteiger charge is -2.23. The van der Waals surface area contributed by atoms with Crippen LogP contribution in [0.5, 0.6) is 0 Å². The second kappa shape index (κ2) is 6.40. The first-order valence-electron chi connectivity index (χ1n) is 6.12. The van der Waals surface area contributed by atoms with E-state index in [0.717, 1.165) is 16.8 Å². The number of hydrogen-bond acceptors (Lipinski definition) is 3. The topological polar surface area (TPSA) is 52.6 Å². The minimum absolute atomic E-state index is 0.0468. The van der Waals surface area contributed by atoms with Crippen LogP contribution in [0, 0.1) is 12.8 Å². The SMILES string of the molecule is CNC(=O)C(C)CN(C)c1ccc(CO)c(C)c1. The fourth-order valence-corrected chi connectivity index (χ4v) is 1.94. The van der Waals surface area contributed by atoms with Gasteiger partial charge in [0.2, 0.25) is 5.91 Å². The molecule has 18 heavy (non-hydrogen) atoms. The fraction of sp³-hybridized carbons (Fsp3) is 0.500. The molecule has 0 bridgehead atoms. The average Bonchev–Trinajstić information content (AvgIpc) is 2.37. The molecule has 1 aromatic carbocycles. The maximum absolute atomic E-state index is 11.5. The monoisotopic (exact) mass is 250 g/mol. The van der Waals surface area contributed by atoms with Crippen LogP contribution in [0.1, 0.15) is 18.1 Å². The number of aliphatic hydroxyl groups is 1. The smallest absolute Gasteiger partial charge is 0.224 e. The number of nitrogens with one attached hydrogen (secondary N) is 1. The summed E-state index contributed by atoms with van der Waals surface area (Å²) in [4.78, 5) is 13.5. The molecule has 2 N–H and O–H groups in total. The number of benzene rings is 1. The van der Waals surface area contributed by atoms with Gasteiger partial charge in [0.25, 0.3) is 0 Å². The lowest BCUT2D eigenvalue weighted by atomic mass is 10.1. The van der Waals surface area contributed by atoms with Crippen molar-refractivity contribution >= 4 is 11.6 Å². The van der Waals surface area contributed by atoms with Gasteiger partial charge in [0.1, 0.15) is 0 Å². The first-order chi connectivity index (χ1) is 8.49. The zero-order valence-electron chi connectivity index (χ0n) is 11.5. The molecular formula is C14H22N2O2. The fourth-order valence-electron chi connectivity index (χ4n) is 1.94. The van der Waals surface area contributed by atoms with Gasteiger partial charge in [0.15, 0.2) is 0 Å². The Hall–Kier alpha value is -1.55. The van der Waals surface area contributed by atoms with Crippen LogP contribution >= 0.6 is 0 Å². The summed E-state index contributed by atoms with van der Waals surface area (Å²) in [7, 11) is 3.62. The van der Waals surface area contributed by atoms with Crippen LogP contribution in [0.3, 0.4) is 0 Å². The molecule has 100 valence electrons. The van der Waals surface area contributed by atoms with Crippen molar-refractivity contribution in [3.63, 3.8) is 0 Å². The third-order valence-electron chi connectivity index (χ3n) is 3.18. The molecule has 0 heterocycles. The molecule has 1 unspecified atom stereocenters. The largest absolute Gasteiger partial charge is 0.392 e. The van der Waals surface area contributed by atoms with Crippen LogP contribution in [0.4, 0.5) is 5.69 Å². The van der Waals surface area contributed by atoms with E-state index in [1.165, 1.54) is 0 Å². The van der Waals surface area contributed by atoms with Gasteiger partial charge in [-0.1, -0.05) is 13.0 Å². The summed E-state index contributed by atoms with van der Waals surface area (Å²) in [5.74, 6) is -0.0108. The van der Waals surface area contributed by atoms with Crippen molar-refractivity contribution in [2.75, 3.05) is 25.5 Å². The van der Waals surface area contributed by atoms with Crippen molar-refractivity contribution in [2.45, 2.75) is 20.5 Å². The van der Waals surface area contributed by atoms with Crippen LogP contribution in [0.25, 0.3) is 0 Å². The van der Waals surface area contributed by atoms with E-state index in [1.54, 1.807) is 7.05 Å². The first-order valence-corrected chi connectivity index (χ1v) is 6.12. The third kappa shape index (κ3) is 3.47. The van der Waals surface area contributed by atoms with E-state index < -0.39 is 0 Å². The molecule has 1 rings (SSSR count). The highest BCUT2D eigenvalue weighted by atomic mass is 16.3. The number of amides is 1. The van der Waals surface area contributed by atoms with Crippen molar-refractivity contribution in [3.8, 4) is 0 Å². The summed E-state index contributed by atoms with van der Waals surface area (Å²) in [5.41, 5.74) is 3.06. The van der Waals surface area contributed by atoms with Crippen LogP contribution in [-0.2, 0) is 11.4 Å². The van der Waals surface area contributed by atoms with Crippen molar-refractivity contribution in [3.05, 3.63) is 29.3 Å². The Bertz CT molecular complexity index is 418. The molecular weight excluding hydrogens is 228 g/mol. The Kier molecular flexibility index (Phi) is 5.16. The van der Waals surface area contributed by atoms with E-state index in [1.807, 2.05) is 44.0 Å². The number of aliphatic hydroxyl groups excluding tert-OH is 1. The summed E-state index contributed by atoms with van der Waals surface area (Å²) in [6, 6.07) is 5.92. The Labute approximate surface area is 109 Å². The highest BCUT2D eigenvalue weighted by Crippen LogP contribution is 2.19. The summed E-state index contributed by atoms with van der Waals surface area (Å²) in [6.07, 6.45) is 0. The normalized spacial score (nSPS) is 12.1. The van der Waals surface area contributed by atoms with Crippen molar-refractivity contribution < 1.29 is 9.90 Å². The minimum atomic E-state index is -0.0576.